The molecule has 10 heteroatoms. The van der Waals surface area contributed by atoms with Crippen molar-refractivity contribution in [3.8, 4) is 17.4 Å². The Labute approximate surface area is 114 Å². The Balaban J connectivity index is 2.62. The molecule has 0 radical (unpaired) electrons. The summed E-state index contributed by atoms with van der Waals surface area (Å²) in [6, 6.07) is 0. The Morgan fingerprint density at radius 3 is 2.40 bits per heavy atom. The van der Waals surface area contributed by atoms with Gasteiger partial charge in [0.15, 0.2) is 11.4 Å². The summed E-state index contributed by atoms with van der Waals surface area (Å²) in [5.74, 6) is -3.12. The summed E-state index contributed by atoms with van der Waals surface area (Å²) in [4.78, 5) is 14.0. The van der Waals surface area contributed by atoms with Crippen molar-refractivity contribution in [1.82, 2.24) is 19.9 Å². The van der Waals surface area contributed by atoms with Crippen LogP contribution in [0.15, 0.2) is 12.4 Å². The predicted molar refractivity (Wildman–Crippen MR) is 59.6 cm³/mol. The number of alkyl halides is 3. The maximum atomic E-state index is 13.5. The quantitative estimate of drug-likeness (QED) is 0.630. The number of ether oxygens (including phenoxy) is 1. The Bertz CT molecular complexity index is 650. The second-order valence-electron chi connectivity index (χ2n) is 3.45. The molecule has 0 aliphatic heterocycles. The monoisotopic (exact) mass is 308 g/mol. The molecule has 5 nitrogen and oxygen atoms in total. The van der Waals surface area contributed by atoms with E-state index < -0.39 is 29.4 Å². The zero-order valence-electron chi connectivity index (χ0n) is 9.74. The third-order valence-corrected chi connectivity index (χ3v) is 2.32. The van der Waals surface area contributed by atoms with E-state index >= 15 is 0 Å². The van der Waals surface area contributed by atoms with Gasteiger partial charge in [-0.3, -0.25) is 4.98 Å². The lowest BCUT2D eigenvalue weighted by molar-refractivity contribution is -0.142. The first-order valence-corrected chi connectivity index (χ1v) is 5.37. The maximum Gasteiger partial charge on any atom is 0.426 e. The van der Waals surface area contributed by atoms with Gasteiger partial charge in [-0.15, -0.1) is 0 Å². The zero-order valence-corrected chi connectivity index (χ0v) is 10.5. The van der Waals surface area contributed by atoms with E-state index in [-0.39, 0.29) is 10.8 Å². The molecule has 106 valence electrons. The maximum absolute atomic E-state index is 13.5. The van der Waals surface area contributed by atoms with Crippen LogP contribution in [0.3, 0.4) is 0 Å². The smallest absolute Gasteiger partial charge is 0.426 e. The second-order valence-corrected chi connectivity index (χ2v) is 3.83. The summed E-state index contributed by atoms with van der Waals surface area (Å²) in [6.45, 7) is 0. The molecule has 0 aliphatic rings. The highest BCUT2D eigenvalue weighted by Crippen LogP contribution is 2.37. The van der Waals surface area contributed by atoms with Crippen molar-refractivity contribution in [2.75, 3.05) is 7.11 Å². The van der Waals surface area contributed by atoms with Gasteiger partial charge in [-0.25, -0.2) is 4.98 Å². The van der Waals surface area contributed by atoms with Crippen LogP contribution in [-0.2, 0) is 6.18 Å². The second kappa shape index (κ2) is 5.16. The molecular formula is C10H5ClF4N4O. The van der Waals surface area contributed by atoms with Crippen LogP contribution in [-0.4, -0.2) is 27.0 Å². The Kier molecular flexibility index (Phi) is 3.71. The third kappa shape index (κ3) is 2.77. The Hall–Kier alpha value is -2.03. The number of nitrogens with zero attached hydrogens (tertiary/aromatic N) is 4. The third-order valence-electron chi connectivity index (χ3n) is 2.14. The molecule has 20 heavy (non-hydrogen) atoms. The molecule has 0 spiro atoms. The van der Waals surface area contributed by atoms with Crippen LogP contribution < -0.4 is 4.74 Å². The fourth-order valence-electron chi connectivity index (χ4n) is 1.36. The minimum absolute atomic E-state index is 0.0367. The fourth-order valence-corrected chi connectivity index (χ4v) is 1.51. The molecule has 2 rings (SSSR count). The van der Waals surface area contributed by atoms with Gasteiger partial charge in [0.1, 0.15) is 10.8 Å². The highest BCUT2D eigenvalue weighted by molar-refractivity contribution is 6.29. The van der Waals surface area contributed by atoms with Crippen molar-refractivity contribution in [3.05, 3.63) is 29.1 Å². The normalized spacial score (nSPS) is 11.5. The summed E-state index contributed by atoms with van der Waals surface area (Å²) in [6.07, 6.45) is -2.65. The Morgan fingerprint density at radius 2 is 1.85 bits per heavy atom. The van der Waals surface area contributed by atoms with E-state index in [1.54, 1.807) is 0 Å². The topological polar surface area (TPSA) is 60.8 Å². The summed E-state index contributed by atoms with van der Waals surface area (Å²) >= 11 is 5.58. The van der Waals surface area contributed by atoms with Crippen molar-refractivity contribution in [2.45, 2.75) is 6.18 Å². The number of halogens is 5. The minimum Gasteiger partial charge on any atom is -0.480 e. The molecule has 0 amide bonds. The van der Waals surface area contributed by atoms with Gasteiger partial charge in [-0.2, -0.15) is 27.5 Å². The van der Waals surface area contributed by atoms with E-state index in [1.165, 1.54) is 6.20 Å². The van der Waals surface area contributed by atoms with Gasteiger partial charge in [-0.05, 0) is 0 Å². The van der Waals surface area contributed by atoms with Crippen LogP contribution in [0.2, 0.25) is 5.15 Å². The zero-order chi connectivity index (χ0) is 14.9. The molecule has 0 saturated heterocycles. The first-order chi connectivity index (χ1) is 9.32. The summed E-state index contributed by atoms with van der Waals surface area (Å²) in [5, 5.41) is -0.0367. The lowest BCUT2D eigenvalue weighted by atomic mass is 10.3. The predicted octanol–water partition coefficient (Wildman–Crippen LogP) is 2.75. The molecule has 0 atom stereocenters. The largest absolute Gasteiger partial charge is 0.480 e. The number of methoxy groups -OCH3 is 1. The van der Waals surface area contributed by atoms with Crippen molar-refractivity contribution in [2.24, 2.45) is 0 Å². The highest BCUT2D eigenvalue weighted by atomic mass is 35.5. The van der Waals surface area contributed by atoms with Crippen LogP contribution in [0.25, 0.3) is 11.5 Å². The summed E-state index contributed by atoms with van der Waals surface area (Å²) in [7, 11) is 0.935. The number of aromatic nitrogens is 4. The van der Waals surface area contributed by atoms with E-state index in [1.807, 2.05) is 0 Å². The minimum atomic E-state index is -4.98. The average Bonchev–Trinajstić information content (AvgIpc) is 2.36. The Morgan fingerprint density at radius 1 is 1.15 bits per heavy atom. The standard InChI is InChI=1S/C10H5ClF4N4O/c1-20-9-6(10(13,14)15)7(12)18-8(19-9)4-2-16-3-5(11)17-4/h2-3H,1H3. The van der Waals surface area contributed by atoms with Gasteiger partial charge in [-0.1, -0.05) is 11.6 Å². The summed E-state index contributed by atoms with van der Waals surface area (Å²) < 4.78 is 55.9. The number of rotatable bonds is 2. The van der Waals surface area contributed by atoms with Crippen molar-refractivity contribution >= 4 is 11.6 Å². The number of hydrogen-bond donors (Lipinski definition) is 0. The molecule has 0 unspecified atom stereocenters. The van der Waals surface area contributed by atoms with Crippen molar-refractivity contribution in [1.29, 1.82) is 0 Å². The van der Waals surface area contributed by atoms with Gasteiger partial charge in [0.25, 0.3) is 0 Å². The van der Waals surface area contributed by atoms with Gasteiger partial charge >= 0.3 is 6.18 Å². The first kappa shape index (κ1) is 14.4. The van der Waals surface area contributed by atoms with E-state index in [0.29, 0.717) is 0 Å². The molecule has 0 saturated carbocycles. The van der Waals surface area contributed by atoms with Crippen molar-refractivity contribution in [3.63, 3.8) is 0 Å². The molecule has 2 aromatic rings. The average molecular weight is 309 g/mol. The molecular weight excluding hydrogens is 304 g/mol. The van der Waals surface area contributed by atoms with Gasteiger partial charge in [0.2, 0.25) is 11.8 Å². The van der Waals surface area contributed by atoms with Crippen LogP contribution in [0, 0.1) is 5.95 Å². The van der Waals surface area contributed by atoms with E-state index in [9.17, 15) is 17.6 Å². The van der Waals surface area contributed by atoms with Crippen LogP contribution >= 0.6 is 11.6 Å². The van der Waals surface area contributed by atoms with E-state index in [4.69, 9.17) is 11.6 Å². The molecule has 0 aliphatic carbocycles. The van der Waals surface area contributed by atoms with Crippen LogP contribution in [0.5, 0.6) is 5.88 Å². The van der Waals surface area contributed by atoms with Gasteiger partial charge in [0, 0.05) is 0 Å². The number of hydrogen-bond acceptors (Lipinski definition) is 5. The van der Waals surface area contributed by atoms with E-state index in [2.05, 4.69) is 24.7 Å². The molecule has 0 N–H and O–H groups in total. The lowest BCUT2D eigenvalue weighted by Crippen LogP contribution is -2.14. The SMILES string of the molecule is COc1nc(-c2cncc(Cl)n2)nc(F)c1C(F)(F)F. The van der Waals surface area contributed by atoms with Crippen LogP contribution in [0.4, 0.5) is 17.6 Å². The van der Waals surface area contributed by atoms with E-state index in [0.717, 1.165) is 13.3 Å². The summed E-state index contributed by atoms with van der Waals surface area (Å²) in [5.41, 5.74) is -1.76. The molecule has 2 aromatic heterocycles. The van der Waals surface area contributed by atoms with Gasteiger partial charge in [0.05, 0.1) is 19.5 Å². The first-order valence-electron chi connectivity index (χ1n) is 4.99. The van der Waals surface area contributed by atoms with Gasteiger partial charge < -0.3 is 4.74 Å². The molecule has 0 fully saturated rings. The highest BCUT2D eigenvalue weighted by Gasteiger charge is 2.40. The van der Waals surface area contributed by atoms with Crippen molar-refractivity contribution < 1.29 is 22.3 Å². The van der Waals surface area contributed by atoms with Crippen LogP contribution in [0.1, 0.15) is 5.56 Å². The molecule has 2 heterocycles. The molecule has 0 aromatic carbocycles. The fraction of sp³-hybridized carbons (Fsp3) is 0.200. The lowest BCUT2D eigenvalue weighted by Gasteiger charge is -2.12. The molecule has 0 bridgehead atoms.